The maximum Gasteiger partial charge on any atom is 0.224 e. The number of benzene rings is 1. The van der Waals surface area contributed by atoms with Crippen molar-refractivity contribution in [2.75, 3.05) is 5.32 Å². The van der Waals surface area contributed by atoms with Crippen molar-refractivity contribution >= 4 is 11.6 Å². The van der Waals surface area contributed by atoms with Crippen LogP contribution in [0.1, 0.15) is 63.9 Å². The summed E-state index contributed by atoms with van der Waals surface area (Å²) >= 11 is 0. The first-order valence-electron chi connectivity index (χ1n) is 7.73. The summed E-state index contributed by atoms with van der Waals surface area (Å²) in [6, 6.07) is 5.13. The second-order valence-corrected chi connectivity index (χ2v) is 5.42. The zero-order valence-corrected chi connectivity index (χ0v) is 12.7. The van der Waals surface area contributed by atoms with Gasteiger partial charge in [-0.1, -0.05) is 45.4 Å². The van der Waals surface area contributed by atoms with Crippen molar-refractivity contribution in [1.29, 1.82) is 0 Å². The first-order valence-corrected chi connectivity index (χ1v) is 7.73. The van der Waals surface area contributed by atoms with Crippen LogP contribution in [0.3, 0.4) is 0 Å². The van der Waals surface area contributed by atoms with Gasteiger partial charge >= 0.3 is 0 Å². The molecule has 0 aliphatic rings. The van der Waals surface area contributed by atoms with E-state index in [0.29, 0.717) is 6.42 Å². The average molecular weight is 277 g/mol. The Bertz CT molecular complexity index is 415. The molecule has 0 atom stereocenters. The first-order chi connectivity index (χ1) is 9.63. The number of amides is 1. The van der Waals surface area contributed by atoms with Gasteiger partial charge in [0, 0.05) is 12.1 Å². The average Bonchev–Trinajstić information content (AvgIpc) is 2.42. The smallest absolute Gasteiger partial charge is 0.224 e. The van der Waals surface area contributed by atoms with Gasteiger partial charge in [0.1, 0.15) is 5.75 Å². The van der Waals surface area contributed by atoms with Crippen molar-refractivity contribution in [1.82, 2.24) is 0 Å². The van der Waals surface area contributed by atoms with Crippen LogP contribution >= 0.6 is 0 Å². The lowest BCUT2D eigenvalue weighted by Gasteiger charge is -2.07. The zero-order valence-electron chi connectivity index (χ0n) is 12.7. The maximum absolute atomic E-state index is 11.8. The van der Waals surface area contributed by atoms with Crippen LogP contribution in [0.15, 0.2) is 18.2 Å². The first kappa shape index (κ1) is 16.5. The highest BCUT2D eigenvalue weighted by Gasteiger charge is 2.04. The third-order valence-electron chi connectivity index (χ3n) is 3.49. The third-order valence-corrected chi connectivity index (χ3v) is 3.49. The van der Waals surface area contributed by atoms with Gasteiger partial charge in [0.05, 0.1) is 0 Å². The molecule has 1 aromatic carbocycles. The number of hydrogen-bond acceptors (Lipinski definition) is 2. The lowest BCUT2D eigenvalue weighted by atomic mass is 10.1. The van der Waals surface area contributed by atoms with E-state index in [-0.39, 0.29) is 11.7 Å². The number of phenolic OH excluding ortho intramolecular Hbond substituents is 1. The summed E-state index contributed by atoms with van der Waals surface area (Å²) in [6.45, 7) is 4.04. The fourth-order valence-electron chi connectivity index (χ4n) is 2.20. The standard InChI is InChI=1S/C17H27NO2/c1-3-4-5-6-7-8-9-10-17(20)18-15-11-12-16(19)14(2)13-15/h11-13,19H,3-10H2,1-2H3,(H,18,20). The van der Waals surface area contributed by atoms with E-state index in [1.165, 1.54) is 32.1 Å². The van der Waals surface area contributed by atoms with Gasteiger partial charge in [-0.15, -0.1) is 0 Å². The number of rotatable bonds is 9. The summed E-state index contributed by atoms with van der Waals surface area (Å²) in [7, 11) is 0. The summed E-state index contributed by atoms with van der Waals surface area (Å²) in [5, 5.41) is 12.3. The molecule has 1 rings (SSSR count). The van der Waals surface area contributed by atoms with Gasteiger partial charge < -0.3 is 10.4 Å². The van der Waals surface area contributed by atoms with Crippen molar-refractivity contribution in [3.8, 4) is 5.75 Å². The number of anilines is 1. The molecule has 0 aliphatic carbocycles. The van der Waals surface area contributed by atoms with E-state index in [9.17, 15) is 9.90 Å². The monoisotopic (exact) mass is 277 g/mol. The van der Waals surface area contributed by atoms with Gasteiger partial charge in [0.15, 0.2) is 0 Å². The number of hydrogen-bond donors (Lipinski definition) is 2. The number of nitrogens with one attached hydrogen (secondary N) is 1. The molecule has 0 bridgehead atoms. The molecule has 1 aromatic rings. The number of aromatic hydroxyl groups is 1. The van der Waals surface area contributed by atoms with Crippen molar-refractivity contribution in [2.24, 2.45) is 0 Å². The van der Waals surface area contributed by atoms with E-state index < -0.39 is 0 Å². The van der Waals surface area contributed by atoms with Crippen LogP contribution in [-0.4, -0.2) is 11.0 Å². The molecule has 2 N–H and O–H groups in total. The zero-order chi connectivity index (χ0) is 14.8. The summed E-state index contributed by atoms with van der Waals surface area (Å²) in [5.41, 5.74) is 1.53. The lowest BCUT2D eigenvalue weighted by Crippen LogP contribution is -2.11. The molecule has 0 aromatic heterocycles. The van der Waals surface area contributed by atoms with Gasteiger partial charge in [-0.2, -0.15) is 0 Å². The van der Waals surface area contributed by atoms with Gasteiger partial charge in [-0.05, 0) is 37.1 Å². The highest BCUT2D eigenvalue weighted by molar-refractivity contribution is 5.90. The number of phenols is 1. The van der Waals surface area contributed by atoms with E-state index in [1.54, 1.807) is 18.2 Å². The third kappa shape index (κ3) is 6.60. The van der Waals surface area contributed by atoms with E-state index in [1.807, 2.05) is 6.92 Å². The molecule has 112 valence electrons. The van der Waals surface area contributed by atoms with Crippen molar-refractivity contribution < 1.29 is 9.90 Å². The second-order valence-electron chi connectivity index (χ2n) is 5.42. The highest BCUT2D eigenvalue weighted by atomic mass is 16.3. The highest BCUT2D eigenvalue weighted by Crippen LogP contribution is 2.20. The quantitative estimate of drug-likeness (QED) is 0.504. The van der Waals surface area contributed by atoms with Crippen LogP contribution in [0.5, 0.6) is 5.75 Å². The predicted octanol–water partition coefficient (Wildman–Crippen LogP) is 4.78. The van der Waals surface area contributed by atoms with Crippen LogP contribution in [0.2, 0.25) is 0 Å². The summed E-state index contributed by atoms with van der Waals surface area (Å²) in [6.07, 6.45) is 9.08. The molecular weight excluding hydrogens is 250 g/mol. The van der Waals surface area contributed by atoms with Crippen molar-refractivity contribution in [3.05, 3.63) is 23.8 Å². The molecular formula is C17H27NO2. The van der Waals surface area contributed by atoms with Crippen LogP contribution in [0, 0.1) is 6.92 Å². The largest absolute Gasteiger partial charge is 0.508 e. The van der Waals surface area contributed by atoms with Crippen LogP contribution < -0.4 is 5.32 Å². The van der Waals surface area contributed by atoms with Crippen LogP contribution in [-0.2, 0) is 4.79 Å². The summed E-state index contributed by atoms with van der Waals surface area (Å²) < 4.78 is 0. The molecule has 20 heavy (non-hydrogen) atoms. The van der Waals surface area contributed by atoms with Crippen LogP contribution in [0.4, 0.5) is 5.69 Å². The molecule has 3 nitrogen and oxygen atoms in total. The Hall–Kier alpha value is -1.51. The van der Waals surface area contributed by atoms with E-state index >= 15 is 0 Å². The molecule has 0 saturated heterocycles. The SMILES string of the molecule is CCCCCCCCCC(=O)Nc1ccc(O)c(C)c1. The number of unbranched alkanes of at least 4 members (excludes halogenated alkanes) is 6. The van der Waals surface area contributed by atoms with E-state index in [4.69, 9.17) is 0 Å². The van der Waals surface area contributed by atoms with E-state index in [0.717, 1.165) is 24.1 Å². The van der Waals surface area contributed by atoms with Gasteiger partial charge in [0.2, 0.25) is 5.91 Å². The summed E-state index contributed by atoms with van der Waals surface area (Å²) in [4.78, 5) is 11.8. The van der Waals surface area contributed by atoms with E-state index in [2.05, 4.69) is 12.2 Å². The summed E-state index contributed by atoms with van der Waals surface area (Å²) in [5.74, 6) is 0.318. The maximum atomic E-state index is 11.8. The Morgan fingerprint density at radius 1 is 1.10 bits per heavy atom. The Kier molecular flexibility index (Phi) is 7.78. The van der Waals surface area contributed by atoms with Gasteiger partial charge in [-0.3, -0.25) is 4.79 Å². The molecule has 0 fully saturated rings. The normalized spacial score (nSPS) is 10.5. The fraction of sp³-hybridized carbons (Fsp3) is 0.588. The Morgan fingerprint density at radius 3 is 2.40 bits per heavy atom. The Morgan fingerprint density at radius 2 is 1.75 bits per heavy atom. The lowest BCUT2D eigenvalue weighted by molar-refractivity contribution is -0.116. The molecule has 0 heterocycles. The molecule has 3 heteroatoms. The van der Waals surface area contributed by atoms with Crippen molar-refractivity contribution in [3.63, 3.8) is 0 Å². The Balaban J connectivity index is 2.15. The van der Waals surface area contributed by atoms with Gasteiger partial charge in [0.25, 0.3) is 0 Å². The number of carbonyl (C=O) groups is 1. The molecule has 0 radical (unpaired) electrons. The molecule has 0 spiro atoms. The molecule has 0 aliphatic heterocycles. The molecule has 1 amide bonds. The number of carbonyl (C=O) groups excluding carboxylic acids is 1. The van der Waals surface area contributed by atoms with Gasteiger partial charge in [-0.25, -0.2) is 0 Å². The van der Waals surface area contributed by atoms with Crippen LogP contribution in [0.25, 0.3) is 0 Å². The van der Waals surface area contributed by atoms with Crippen molar-refractivity contribution in [2.45, 2.75) is 65.2 Å². The predicted molar refractivity (Wildman–Crippen MR) is 84.1 cm³/mol. The fourth-order valence-corrected chi connectivity index (χ4v) is 2.20. The topological polar surface area (TPSA) is 49.3 Å². The Labute approximate surface area is 122 Å². The minimum Gasteiger partial charge on any atom is -0.508 e. The minimum absolute atomic E-state index is 0.0589. The second kappa shape index (κ2) is 9.40. The molecule has 0 unspecified atom stereocenters. The molecule has 0 saturated carbocycles. The number of aryl methyl sites for hydroxylation is 1. The minimum atomic E-state index is 0.0589.